The Morgan fingerprint density at radius 2 is 1.85 bits per heavy atom. The molecule has 2 atom stereocenters. The van der Waals surface area contributed by atoms with Crippen LogP contribution in [-0.4, -0.2) is 65.2 Å². The Morgan fingerprint density at radius 1 is 1.10 bits per heavy atom. The van der Waals surface area contributed by atoms with Crippen LogP contribution in [-0.2, 0) is 20.9 Å². The Balaban J connectivity index is 1.76. The van der Waals surface area contributed by atoms with Gasteiger partial charge in [0.05, 0.1) is 23.8 Å². The summed E-state index contributed by atoms with van der Waals surface area (Å²) in [6.45, 7) is 11.0. The van der Waals surface area contributed by atoms with Gasteiger partial charge in [-0.1, -0.05) is 26.0 Å². The Hall–Kier alpha value is -3.89. The van der Waals surface area contributed by atoms with E-state index in [9.17, 15) is 19.2 Å². The van der Waals surface area contributed by atoms with Gasteiger partial charge in [0, 0.05) is 31.6 Å². The minimum atomic E-state index is -0.946. The maximum absolute atomic E-state index is 13.3. The lowest BCUT2D eigenvalue weighted by atomic mass is 10.0. The van der Waals surface area contributed by atoms with Gasteiger partial charge in [0.2, 0.25) is 17.7 Å². The number of para-hydroxylation sites is 1. The molecule has 0 radical (unpaired) electrons. The normalized spacial score (nSPS) is 19.4. The van der Waals surface area contributed by atoms with Crippen molar-refractivity contribution in [3.8, 4) is 5.75 Å². The second kappa shape index (κ2) is 13.8. The third-order valence-electron chi connectivity index (χ3n) is 7.02. The van der Waals surface area contributed by atoms with Crippen molar-refractivity contribution < 1.29 is 23.9 Å². The fraction of sp³-hybridized carbons (Fsp3) is 0.536. The summed E-state index contributed by atoms with van der Waals surface area (Å²) in [6, 6.07) is 5.52. The van der Waals surface area contributed by atoms with Gasteiger partial charge in [0.25, 0.3) is 5.91 Å². The Kier molecular flexibility index (Phi) is 10.5. The van der Waals surface area contributed by atoms with E-state index in [1.165, 1.54) is 0 Å². The quantitative estimate of drug-likeness (QED) is 0.453. The van der Waals surface area contributed by atoms with E-state index in [2.05, 4.69) is 26.4 Å². The average Bonchev–Trinajstić information content (AvgIpc) is 3.14. The first-order valence-electron chi connectivity index (χ1n) is 13.4. The molecule has 2 aromatic rings. The number of rotatable bonds is 5. The molecule has 11 nitrogen and oxygen atoms in total. The van der Waals surface area contributed by atoms with Crippen molar-refractivity contribution in [2.45, 2.75) is 72.5 Å². The number of nitrogens with one attached hydrogen (secondary N) is 4. The number of aryl methyl sites for hydroxylation is 1. The molecule has 0 saturated carbocycles. The van der Waals surface area contributed by atoms with E-state index in [0.29, 0.717) is 18.8 Å². The molecule has 1 aromatic carbocycles. The maximum atomic E-state index is 13.3. The molecule has 0 unspecified atom stereocenters. The SMILES string of the molecule is Cc1nn(CCNC(=O)[C@@H]2CCC(=O)NCCC(=O)N[C@H](C(C)C)COc3ccccc3C(=O)N2)c(C)c1C. The van der Waals surface area contributed by atoms with E-state index in [-0.39, 0.29) is 61.8 Å². The molecule has 4 amide bonds. The number of carbonyl (C=O) groups is 4. The van der Waals surface area contributed by atoms with Gasteiger partial charge in [0.1, 0.15) is 18.4 Å². The molecule has 1 aliphatic rings. The van der Waals surface area contributed by atoms with Crippen LogP contribution in [0.4, 0.5) is 0 Å². The minimum Gasteiger partial charge on any atom is -0.491 e. The molecule has 0 bridgehead atoms. The van der Waals surface area contributed by atoms with Gasteiger partial charge >= 0.3 is 0 Å². The second-order valence-corrected chi connectivity index (χ2v) is 10.2. The zero-order valence-corrected chi connectivity index (χ0v) is 23.4. The Labute approximate surface area is 229 Å². The monoisotopic (exact) mass is 540 g/mol. The fourth-order valence-corrected chi connectivity index (χ4v) is 4.24. The van der Waals surface area contributed by atoms with Crippen molar-refractivity contribution in [3.63, 3.8) is 0 Å². The van der Waals surface area contributed by atoms with Crippen LogP contribution in [0.1, 0.15) is 60.4 Å². The van der Waals surface area contributed by atoms with Crippen LogP contribution in [0.15, 0.2) is 24.3 Å². The summed E-state index contributed by atoms with van der Waals surface area (Å²) in [5.41, 5.74) is 3.34. The highest BCUT2D eigenvalue weighted by atomic mass is 16.5. The number of hydrogen-bond donors (Lipinski definition) is 4. The van der Waals surface area contributed by atoms with Crippen molar-refractivity contribution >= 4 is 23.6 Å². The fourth-order valence-electron chi connectivity index (χ4n) is 4.24. The summed E-state index contributed by atoms with van der Waals surface area (Å²) in [7, 11) is 0. The van der Waals surface area contributed by atoms with E-state index in [0.717, 1.165) is 17.0 Å². The first kappa shape index (κ1) is 29.7. The molecule has 4 N–H and O–H groups in total. The second-order valence-electron chi connectivity index (χ2n) is 10.2. The largest absolute Gasteiger partial charge is 0.491 e. The van der Waals surface area contributed by atoms with Gasteiger partial charge in [-0.25, -0.2) is 0 Å². The molecule has 11 heteroatoms. The van der Waals surface area contributed by atoms with Gasteiger partial charge in [-0.15, -0.1) is 0 Å². The van der Waals surface area contributed by atoms with Crippen LogP contribution in [0.25, 0.3) is 0 Å². The lowest BCUT2D eigenvalue weighted by Crippen LogP contribution is -2.48. The predicted molar refractivity (Wildman–Crippen MR) is 146 cm³/mol. The summed E-state index contributed by atoms with van der Waals surface area (Å²) in [4.78, 5) is 51.3. The molecule has 2 heterocycles. The Bertz CT molecular complexity index is 1190. The summed E-state index contributed by atoms with van der Waals surface area (Å²) in [6.07, 6.45) is 0.217. The highest BCUT2D eigenvalue weighted by Gasteiger charge is 2.25. The number of hydrogen-bond acceptors (Lipinski definition) is 6. The lowest BCUT2D eigenvalue weighted by Gasteiger charge is -2.24. The molecule has 1 aliphatic heterocycles. The first-order valence-corrected chi connectivity index (χ1v) is 13.4. The summed E-state index contributed by atoms with van der Waals surface area (Å²) >= 11 is 0. The predicted octanol–water partition coefficient (Wildman–Crippen LogP) is 1.54. The van der Waals surface area contributed by atoms with Crippen molar-refractivity contribution in [2.75, 3.05) is 19.7 Å². The molecule has 0 spiro atoms. The van der Waals surface area contributed by atoms with Gasteiger partial charge < -0.3 is 26.0 Å². The standard InChI is InChI=1S/C28H40N6O5/c1-17(2)23-16-39-24-9-7-6-8-21(24)27(37)32-22(10-11-25(35)29-13-12-26(36)31-23)28(38)30-14-15-34-20(5)18(3)19(4)33-34/h6-9,17,22-23H,10-16H2,1-5H3,(H,29,35)(H,30,38)(H,31,36)(H,32,37)/t22-,23-/m0/s1. The third kappa shape index (κ3) is 8.30. The van der Waals surface area contributed by atoms with Gasteiger partial charge in [-0.3, -0.25) is 23.9 Å². The molecule has 3 rings (SSSR count). The maximum Gasteiger partial charge on any atom is 0.255 e. The van der Waals surface area contributed by atoms with Crippen LogP contribution in [0.3, 0.4) is 0 Å². The first-order chi connectivity index (χ1) is 18.6. The molecular formula is C28H40N6O5. The van der Waals surface area contributed by atoms with Crippen LogP contribution in [0.5, 0.6) is 5.75 Å². The smallest absolute Gasteiger partial charge is 0.255 e. The third-order valence-corrected chi connectivity index (χ3v) is 7.02. The summed E-state index contributed by atoms with van der Waals surface area (Å²) in [5.74, 6) is -0.964. The van der Waals surface area contributed by atoms with Crippen molar-refractivity contribution in [1.82, 2.24) is 31.0 Å². The van der Waals surface area contributed by atoms with Crippen LogP contribution in [0.2, 0.25) is 0 Å². The number of benzene rings is 1. The zero-order chi connectivity index (χ0) is 28.5. The molecule has 0 aliphatic carbocycles. The van der Waals surface area contributed by atoms with Gasteiger partial charge in [-0.2, -0.15) is 5.10 Å². The number of amides is 4. The summed E-state index contributed by atoms with van der Waals surface area (Å²) < 4.78 is 7.81. The molecule has 212 valence electrons. The highest BCUT2D eigenvalue weighted by molar-refractivity contribution is 5.99. The van der Waals surface area contributed by atoms with Crippen LogP contribution < -0.4 is 26.0 Å². The van der Waals surface area contributed by atoms with E-state index < -0.39 is 17.9 Å². The molecule has 39 heavy (non-hydrogen) atoms. The van der Waals surface area contributed by atoms with Crippen molar-refractivity contribution in [3.05, 3.63) is 46.8 Å². The average molecular weight is 541 g/mol. The van der Waals surface area contributed by atoms with Crippen LogP contribution >= 0.6 is 0 Å². The highest BCUT2D eigenvalue weighted by Crippen LogP contribution is 2.20. The molecule has 0 fully saturated rings. The topological polar surface area (TPSA) is 143 Å². The number of aromatic nitrogens is 2. The number of nitrogens with zero attached hydrogens (tertiary/aromatic N) is 2. The number of ether oxygens (including phenoxy) is 1. The van der Waals surface area contributed by atoms with Gasteiger partial charge in [0.15, 0.2) is 0 Å². The van der Waals surface area contributed by atoms with E-state index in [1.54, 1.807) is 24.3 Å². The zero-order valence-electron chi connectivity index (χ0n) is 23.4. The molecular weight excluding hydrogens is 500 g/mol. The van der Waals surface area contributed by atoms with Crippen molar-refractivity contribution in [2.24, 2.45) is 5.92 Å². The molecule has 1 aromatic heterocycles. The molecule has 0 saturated heterocycles. The number of carbonyl (C=O) groups excluding carboxylic acids is 4. The lowest BCUT2D eigenvalue weighted by molar-refractivity contribution is -0.124. The van der Waals surface area contributed by atoms with E-state index in [1.807, 2.05) is 39.3 Å². The Morgan fingerprint density at radius 3 is 2.54 bits per heavy atom. The summed E-state index contributed by atoms with van der Waals surface area (Å²) in [5, 5.41) is 15.8. The van der Waals surface area contributed by atoms with E-state index in [4.69, 9.17) is 4.74 Å². The van der Waals surface area contributed by atoms with E-state index >= 15 is 0 Å². The van der Waals surface area contributed by atoms with Crippen LogP contribution in [0, 0.1) is 26.7 Å². The van der Waals surface area contributed by atoms with Gasteiger partial charge in [-0.05, 0) is 50.8 Å². The minimum absolute atomic E-state index is 0.00338. The number of fused-ring (bicyclic) bond motifs is 1. The van der Waals surface area contributed by atoms with Crippen molar-refractivity contribution in [1.29, 1.82) is 0 Å².